The predicted molar refractivity (Wildman–Crippen MR) is 151 cm³/mol. The van der Waals surface area contributed by atoms with Crippen LogP contribution in [0.3, 0.4) is 0 Å². The van der Waals surface area contributed by atoms with E-state index in [0.717, 1.165) is 25.7 Å². The molecule has 210 valence electrons. The number of ketones is 1. The fraction of sp³-hybridized carbons (Fsp3) is 0.433. The van der Waals surface area contributed by atoms with E-state index in [2.05, 4.69) is 5.32 Å². The lowest BCUT2D eigenvalue weighted by atomic mass is 9.91. The number of fused-ring (bicyclic) bond motifs is 1. The molecule has 2 heterocycles. The van der Waals surface area contributed by atoms with Crippen LogP contribution >= 0.6 is 0 Å². The van der Waals surface area contributed by atoms with Crippen LogP contribution in [0.4, 0.5) is 10.5 Å². The van der Waals surface area contributed by atoms with Gasteiger partial charge in [-0.3, -0.25) is 18.7 Å². The first-order valence-corrected chi connectivity index (χ1v) is 13.8. The number of anilines is 1. The van der Waals surface area contributed by atoms with E-state index in [-0.39, 0.29) is 47.0 Å². The minimum atomic E-state index is -1.04. The van der Waals surface area contributed by atoms with Crippen molar-refractivity contribution in [1.29, 1.82) is 0 Å². The Hall–Kier alpha value is -4.21. The standard InChI is InChI=1S/C30H34N4O6/c1-18(2)34-25-12-11-23(15-24(25)27(36)33(30(34)40)17-19-5-6-19)31-29(39)32-13-3-4-20(16-32)14-26(35)21-7-9-22(10-8-21)28(37)38/h7-12,15,18-20H,3-6,13-14,16-17H2,1-2H3,(H,31,39)(H,37,38). The topological polar surface area (TPSA) is 131 Å². The van der Waals surface area contributed by atoms with Crippen LogP contribution in [0.5, 0.6) is 0 Å². The van der Waals surface area contributed by atoms with Gasteiger partial charge in [0, 0.05) is 43.3 Å². The molecule has 1 unspecified atom stereocenters. The summed E-state index contributed by atoms with van der Waals surface area (Å²) in [6, 6.07) is 10.5. The first kappa shape index (κ1) is 27.4. The molecule has 2 aromatic carbocycles. The summed E-state index contributed by atoms with van der Waals surface area (Å²) < 4.78 is 2.96. The van der Waals surface area contributed by atoms with Crippen LogP contribution in [0.2, 0.25) is 0 Å². The minimum Gasteiger partial charge on any atom is -0.478 e. The van der Waals surface area contributed by atoms with Crippen molar-refractivity contribution in [2.24, 2.45) is 11.8 Å². The third kappa shape index (κ3) is 5.71. The van der Waals surface area contributed by atoms with Crippen molar-refractivity contribution in [3.05, 3.63) is 74.4 Å². The lowest BCUT2D eigenvalue weighted by Crippen LogP contribution is -2.43. The normalized spacial score (nSPS) is 17.3. The van der Waals surface area contributed by atoms with E-state index >= 15 is 0 Å². The van der Waals surface area contributed by atoms with Gasteiger partial charge < -0.3 is 15.3 Å². The maximum atomic E-state index is 13.3. The quantitative estimate of drug-likeness (QED) is 0.404. The van der Waals surface area contributed by atoms with E-state index < -0.39 is 5.97 Å². The molecule has 10 nitrogen and oxygen atoms in total. The van der Waals surface area contributed by atoms with Gasteiger partial charge in [-0.2, -0.15) is 0 Å². The van der Waals surface area contributed by atoms with Gasteiger partial charge in [0.1, 0.15) is 0 Å². The summed E-state index contributed by atoms with van der Waals surface area (Å²) in [6.07, 6.45) is 3.86. The van der Waals surface area contributed by atoms with Crippen LogP contribution < -0.4 is 16.6 Å². The number of rotatable bonds is 8. The fourth-order valence-corrected chi connectivity index (χ4v) is 5.48. The van der Waals surface area contributed by atoms with Crippen molar-refractivity contribution in [2.45, 2.75) is 58.5 Å². The summed E-state index contributed by atoms with van der Waals surface area (Å²) in [5, 5.41) is 12.4. The fourth-order valence-electron chi connectivity index (χ4n) is 5.48. The Morgan fingerprint density at radius 1 is 0.975 bits per heavy atom. The highest BCUT2D eigenvalue weighted by atomic mass is 16.4. The number of benzene rings is 2. The highest BCUT2D eigenvalue weighted by Crippen LogP contribution is 2.30. The molecule has 1 saturated heterocycles. The summed E-state index contributed by atoms with van der Waals surface area (Å²) in [4.78, 5) is 65.1. The molecule has 1 aliphatic heterocycles. The highest BCUT2D eigenvalue weighted by Gasteiger charge is 2.27. The van der Waals surface area contributed by atoms with Crippen molar-refractivity contribution in [2.75, 3.05) is 18.4 Å². The monoisotopic (exact) mass is 546 g/mol. The lowest BCUT2D eigenvalue weighted by Gasteiger charge is -2.32. The number of amides is 2. The zero-order valence-electron chi connectivity index (χ0n) is 22.8. The van der Waals surface area contributed by atoms with Crippen molar-refractivity contribution in [3.63, 3.8) is 0 Å². The Bertz CT molecular complexity index is 1580. The Morgan fingerprint density at radius 3 is 2.33 bits per heavy atom. The van der Waals surface area contributed by atoms with Crippen LogP contribution in [0.25, 0.3) is 10.9 Å². The summed E-state index contributed by atoms with van der Waals surface area (Å²) in [6.45, 7) is 5.20. The molecule has 1 aromatic heterocycles. The van der Waals surface area contributed by atoms with Crippen LogP contribution in [0, 0.1) is 11.8 Å². The number of nitrogens with zero attached hydrogens (tertiary/aromatic N) is 3. The van der Waals surface area contributed by atoms with Gasteiger partial charge in [0.15, 0.2) is 5.78 Å². The number of carbonyl (C=O) groups is 3. The predicted octanol–water partition coefficient (Wildman–Crippen LogP) is 4.37. The van der Waals surface area contributed by atoms with Gasteiger partial charge in [0.2, 0.25) is 0 Å². The van der Waals surface area contributed by atoms with E-state index in [1.807, 2.05) is 13.8 Å². The molecule has 10 heteroatoms. The number of carboxylic acid groups (broad SMARTS) is 1. The van der Waals surface area contributed by atoms with Gasteiger partial charge in [-0.05, 0) is 81.7 Å². The Morgan fingerprint density at radius 2 is 1.68 bits per heavy atom. The average Bonchev–Trinajstić information content (AvgIpc) is 3.76. The maximum absolute atomic E-state index is 13.3. The van der Waals surface area contributed by atoms with Crippen molar-refractivity contribution in [1.82, 2.24) is 14.0 Å². The number of piperidine rings is 1. The highest BCUT2D eigenvalue weighted by molar-refractivity contribution is 5.97. The number of carboxylic acids is 1. The van der Waals surface area contributed by atoms with Crippen molar-refractivity contribution >= 4 is 34.4 Å². The molecule has 1 aliphatic carbocycles. The molecule has 3 aromatic rings. The first-order valence-electron chi connectivity index (χ1n) is 13.8. The SMILES string of the molecule is CC(C)n1c(=O)n(CC2CC2)c(=O)c2cc(NC(=O)N3CCCC(CC(=O)c4ccc(C(=O)O)cc4)C3)ccc21. The Balaban J connectivity index is 1.30. The molecule has 0 spiro atoms. The molecule has 0 radical (unpaired) electrons. The van der Waals surface area contributed by atoms with Gasteiger partial charge >= 0.3 is 17.7 Å². The van der Waals surface area contributed by atoms with Gasteiger partial charge in [-0.15, -0.1) is 0 Å². The minimum absolute atomic E-state index is 0.0159. The number of aromatic carboxylic acids is 1. The van der Waals surface area contributed by atoms with E-state index in [1.54, 1.807) is 27.7 Å². The van der Waals surface area contributed by atoms with E-state index in [9.17, 15) is 24.0 Å². The average molecular weight is 547 g/mol. The smallest absolute Gasteiger partial charge is 0.335 e. The van der Waals surface area contributed by atoms with Gasteiger partial charge in [0.05, 0.1) is 16.5 Å². The molecule has 1 atom stereocenters. The van der Waals surface area contributed by atoms with E-state index in [4.69, 9.17) is 5.11 Å². The van der Waals surface area contributed by atoms with Gasteiger partial charge in [-0.1, -0.05) is 12.1 Å². The molecule has 1 saturated carbocycles. The number of aromatic nitrogens is 2. The Kier molecular flexibility index (Phi) is 7.60. The maximum Gasteiger partial charge on any atom is 0.335 e. The third-order valence-corrected chi connectivity index (χ3v) is 7.81. The van der Waals surface area contributed by atoms with Gasteiger partial charge in [-0.25, -0.2) is 14.4 Å². The molecule has 2 fully saturated rings. The third-order valence-electron chi connectivity index (χ3n) is 7.81. The molecule has 2 N–H and O–H groups in total. The second-order valence-electron chi connectivity index (χ2n) is 11.2. The molecule has 2 amide bonds. The van der Waals surface area contributed by atoms with Crippen LogP contribution in [-0.4, -0.2) is 50.0 Å². The second kappa shape index (κ2) is 11.1. The largest absolute Gasteiger partial charge is 0.478 e. The summed E-state index contributed by atoms with van der Waals surface area (Å²) in [7, 11) is 0. The number of nitrogens with one attached hydrogen (secondary N) is 1. The number of hydrogen-bond acceptors (Lipinski definition) is 5. The molecule has 0 bridgehead atoms. The summed E-state index contributed by atoms with van der Waals surface area (Å²) in [5.41, 5.74) is 0.951. The van der Waals surface area contributed by atoms with Crippen LogP contribution in [0.1, 0.15) is 72.7 Å². The van der Waals surface area contributed by atoms with Crippen LogP contribution in [0.15, 0.2) is 52.1 Å². The number of Topliss-reactive ketones (excluding diaryl/α,β-unsaturated/α-hetero) is 1. The lowest BCUT2D eigenvalue weighted by molar-refractivity contribution is 0.0696. The Labute approximate surface area is 231 Å². The first-order chi connectivity index (χ1) is 19.1. The van der Waals surface area contributed by atoms with Gasteiger partial charge in [0.25, 0.3) is 5.56 Å². The summed E-state index contributed by atoms with van der Waals surface area (Å²) in [5.74, 6) is -0.790. The van der Waals surface area contributed by atoms with Crippen LogP contribution in [-0.2, 0) is 6.54 Å². The molecule has 5 rings (SSSR count). The zero-order valence-corrected chi connectivity index (χ0v) is 22.8. The summed E-state index contributed by atoms with van der Waals surface area (Å²) >= 11 is 0. The molecule has 40 heavy (non-hydrogen) atoms. The molecule has 2 aliphatic rings. The zero-order chi connectivity index (χ0) is 28.6. The van der Waals surface area contributed by atoms with E-state index in [0.29, 0.717) is 47.7 Å². The van der Waals surface area contributed by atoms with Crippen molar-refractivity contribution in [3.8, 4) is 0 Å². The number of urea groups is 1. The second-order valence-corrected chi connectivity index (χ2v) is 11.2. The van der Waals surface area contributed by atoms with E-state index in [1.165, 1.54) is 28.8 Å². The number of likely N-dealkylation sites (tertiary alicyclic amines) is 1. The number of carbonyl (C=O) groups excluding carboxylic acids is 2. The molecular weight excluding hydrogens is 512 g/mol. The van der Waals surface area contributed by atoms with Crippen molar-refractivity contribution < 1.29 is 19.5 Å². The molecular formula is C30H34N4O6. The number of hydrogen-bond donors (Lipinski definition) is 2.